The molecule has 0 saturated carbocycles. The molecule has 0 unspecified atom stereocenters. The van der Waals surface area contributed by atoms with E-state index in [1.54, 1.807) is 20.2 Å². The monoisotopic (exact) mass is 315 g/mol. The highest BCUT2D eigenvalue weighted by Crippen LogP contribution is 2.18. The van der Waals surface area contributed by atoms with Crippen molar-refractivity contribution in [1.82, 2.24) is 20.0 Å². The van der Waals surface area contributed by atoms with Crippen LogP contribution in [0.25, 0.3) is 0 Å². The molecule has 108 valence electrons. The molecule has 7 nitrogen and oxygen atoms in total. The van der Waals surface area contributed by atoms with Crippen molar-refractivity contribution < 1.29 is 9.53 Å². The first kappa shape index (κ1) is 14.9. The van der Waals surface area contributed by atoms with Crippen LogP contribution in [-0.4, -0.2) is 39.6 Å². The van der Waals surface area contributed by atoms with Gasteiger partial charge in [-0.05, 0) is 6.92 Å². The van der Waals surface area contributed by atoms with Crippen LogP contribution in [-0.2, 0) is 16.0 Å². The van der Waals surface area contributed by atoms with Gasteiger partial charge in [-0.3, -0.25) is 14.8 Å². The number of anilines is 1. The van der Waals surface area contributed by atoms with Crippen LogP contribution in [0, 0.1) is 0 Å². The lowest BCUT2D eigenvalue weighted by atomic mass is 10.3. The zero-order valence-corrected chi connectivity index (χ0v) is 12.6. The molecule has 9 heteroatoms. The number of nitrogens with one attached hydrogen (secondary N) is 1. The predicted molar refractivity (Wildman–Crippen MR) is 76.1 cm³/mol. The molecule has 2 aromatic rings. The highest BCUT2D eigenvalue weighted by atomic mass is 35.5. The topological polar surface area (TPSA) is 81.9 Å². The molecule has 1 amide bonds. The van der Waals surface area contributed by atoms with E-state index in [1.165, 1.54) is 22.2 Å². The summed E-state index contributed by atoms with van der Waals surface area (Å²) in [6, 6.07) is -0.478. The van der Waals surface area contributed by atoms with Crippen LogP contribution in [0.3, 0.4) is 0 Å². The zero-order valence-electron chi connectivity index (χ0n) is 11.0. The molecule has 0 fully saturated rings. The molecule has 0 aliphatic heterocycles. The molecule has 2 heterocycles. The largest absolute Gasteiger partial charge is 0.384 e. The molecule has 2 rings (SSSR count). The number of hydrogen-bond donors (Lipinski definition) is 1. The predicted octanol–water partition coefficient (Wildman–Crippen LogP) is 1.78. The van der Waals surface area contributed by atoms with Crippen LogP contribution in [0.2, 0.25) is 5.02 Å². The Morgan fingerprint density at radius 2 is 2.40 bits per heavy atom. The van der Waals surface area contributed by atoms with E-state index in [4.69, 9.17) is 16.3 Å². The number of rotatable bonds is 6. The van der Waals surface area contributed by atoms with Gasteiger partial charge in [0.05, 0.1) is 17.8 Å². The molecule has 2 aromatic heterocycles. The Kier molecular flexibility index (Phi) is 5.05. The summed E-state index contributed by atoms with van der Waals surface area (Å²) < 4.78 is 6.45. The van der Waals surface area contributed by atoms with Gasteiger partial charge in [-0.1, -0.05) is 22.9 Å². The second-order valence-electron chi connectivity index (χ2n) is 4.05. The number of carbonyl (C=O) groups excluding carboxylic acids is 1. The third-order valence-electron chi connectivity index (χ3n) is 2.56. The minimum absolute atomic E-state index is 0.223. The quantitative estimate of drug-likeness (QED) is 0.878. The summed E-state index contributed by atoms with van der Waals surface area (Å²) in [5.41, 5.74) is 0. The van der Waals surface area contributed by atoms with E-state index in [0.717, 1.165) is 5.01 Å². The first-order valence-electron chi connectivity index (χ1n) is 5.92. The fraction of sp³-hybridized carbons (Fsp3) is 0.455. The summed E-state index contributed by atoms with van der Waals surface area (Å²) in [5, 5.41) is 16.4. The van der Waals surface area contributed by atoms with Crippen LogP contribution < -0.4 is 5.32 Å². The van der Waals surface area contributed by atoms with Crippen LogP contribution in [0.1, 0.15) is 18.0 Å². The smallest absolute Gasteiger partial charge is 0.250 e. The van der Waals surface area contributed by atoms with Crippen molar-refractivity contribution in [3.63, 3.8) is 0 Å². The van der Waals surface area contributed by atoms with Gasteiger partial charge >= 0.3 is 0 Å². The third-order valence-corrected chi connectivity index (χ3v) is 3.66. The normalized spacial score (nSPS) is 12.3. The third kappa shape index (κ3) is 3.75. The van der Waals surface area contributed by atoms with Gasteiger partial charge in [0, 0.05) is 19.7 Å². The maximum atomic E-state index is 12.0. The van der Waals surface area contributed by atoms with Crippen LogP contribution in [0.4, 0.5) is 5.13 Å². The molecule has 0 bridgehead atoms. The molecule has 0 aromatic carbocycles. The Balaban J connectivity index is 1.95. The van der Waals surface area contributed by atoms with E-state index in [2.05, 4.69) is 20.6 Å². The lowest BCUT2D eigenvalue weighted by molar-refractivity contribution is -0.119. The molecule has 0 radical (unpaired) electrons. The van der Waals surface area contributed by atoms with Gasteiger partial charge in [-0.25, -0.2) is 0 Å². The van der Waals surface area contributed by atoms with E-state index >= 15 is 0 Å². The Hall–Kier alpha value is -1.51. The Morgan fingerprint density at radius 3 is 3.05 bits per heavy atom. The van der Waals surface area contributed by atoms with Crippen molar-refractivity contribution in [1.29, 1.82) is 0 Å². The van der Waals surface area contributed by atoms with Crippen molar-refractivity contribution in [3.05, 3.63) is 22.4 Å². The molecular formula is C11H14ClN5O2S. The van der Waals surface area contributed by atoms with Crippen LogP contribution in [0.15, 0.2) is 12.4 Å². The summed E-state index contributed by atoms with van der Waals surface area (Å²) in [4.78, 5) is 12.0. The van der Waals surface area contributed by atoms with Crippen molar-refractivity contribution >= 4 is 34.0 Å². The maximum Gasteiger partial charge on any atom is 0.250 e. The summed E-state index contributed by atoms with van der Waals surface area (Å²) in [6.07, 6.45) is 3.75. The second-order valence-corrected chi connectivity index (χ2v) is 5.55. The molecule has 1 atom stereocenters. The van der Waals surface area contributed by atoms with Gasteiger partial charge in [-0.2, -0.15) is 5.10 Å². The fourth-order valence-corrected chi connectivity index (χ4v) is 2.32. The lowest BCUT2D eigenvalue weighted by Crippen LogP contribution is -2.23. The van der Waals surface area contributed by atoms with E-state index in [-0.39, 0.29) is 5.91 Å². The maximum absolute atomic E-state index is 12.0. The van der Waals surface area contributed by atoms with Crippen molar-refractivity contribution in [2.24, 2.45) is 0 Å². The molecule has 0 aliphatic carbocycles. The highest BCUT2D eigenvalue weighted by Gasteiger charge is 2.17. The van der Waals surface area contributed by atoms with Crippen LogP contribution in [0.5, 0.6) is 0 Å². The van der Waals surface area contributed by atoms with Gasteiger partial charge in [0.1, 0.15) is 11.0 Å². The standard InChI is InChI=1S/C11H14ClN5O2S/c1-7(17-6-8(12)5-13-17)10(18)14-11-16-15-9(20-11)3-4-19-2/h5-7H,3-4H2,1-2H3,(H,14,16,18)/t7-/m1/s1. The zero-order chi connectivity index (χ0) is 14.5. The lowest BCUT2D eigenvalue weighted by Gasteiger charge is -2.10. The summed E-state index contributed by atoms with van der Waals surface area (Å²) in [7, 11) is 1.63. The van der Waals surface area contributed by atoms with Crippen molar-refractivity contribution in [3.8, 4) is 0 Å². The van der Waals surface area contributed by atoms with E-state index in [1.807, 2.05) is 0 Å². The summed E-state index contributed by atoms with van der Waals surface area (Å²) in [6.45, 7) is 2.30. The second kappa shape index (κ2) is 6.78. The minimum atomic E-state index is -0.478. The minimum Gasteiger partial charge on any atom is -0.384 e. The van der Waals surface area contributed by atoms with Gasteiger partial charge in [-0.15, -0.1) is 10.2 Å². The van der Waals surface area contributed by atoms with E-state index in [9.17, 15) is 4.79 Å². The number of aromatic nitrogens is 4. The average molecular weight is 316 g/mol. The number of hydrogen-bond acceptors (Lipinski definition) is 6. The van der Waals surface area contributed by atoms with Gasteiger partial charge in [0.15, 0.2) is 0 Å². The van der Waals surface area contributed by atoms with Gasteiger partial charge < -0.3 is 4.74 Å². The average Bonchev–Trinajstić information content (AvgIpc) is 3.04. The van der Waals surface area contributed by atoms with Gasteiger partial charge in [0.2, 0.25) is 5.13 Å². The molecular weight excluding hydrogens is 302 g/mol. The van der Waals surface area contributed by atoms with Crippen molar-refractivity contribution in [2.45, 2.75) is 19.4 Å². The number of amides is 1. The molecule has 1 N–H and O–H groups in total. The Labute approximate surface area is 124 Å². The first-order valence-corrected chi connectivity index (χ1v) is 7.11. The first-order chi connectivity index (χ1) is 9.60. The number of ether oxygens (including phenoxy) is 1. The molecule has 20 heavy (non-hydrogen) atoms. The summed E-state index contributed by atoms with van der Waals surface area (Å²) in [5.74, 6) is -0.223. The SMILES string of the molecule is COCCc1nnc(NC(=O)[C@@H](C)n2cc(Cl)cn2)s1. The number of nitrogens with zero attached hydrogens (tertiary/aromatic N) is 4. The molecule has 0 spiro atoms. The van der Waals surface area contributed by atoms with Crippen LogP contribution >= 0.6 is 22.9 Å². The Bertz CT molecular complexity index is 585. The molecule has 0 saturated heterocycles. The van der Waals surface area contributed by atoms with E-state index < -0.39 is 6.04 Å². The number of carbonyl (C=O) groups is 1. The number of methoxy groups -OCH3 is 1. The molecule has 0 aliphatic rings. The van der Waals surface area contributed by atoms with Crippen molar-refractivity contribution in [2.75, 3.05) is 19.0 Å². The fourth-order valence-electron chi connectivity index (χ4n) is 1.45. The number of halogens is 1. The van der Waals surface area contributed by atoms with E-state index in [0.29, 0.717) is 23.2 Å². The summed E-state index contributed by atoms with van der Waals surface area (Å²) >= 11 is 7.10. The Morgan fingerprint density at radius 1 is 1.60 bits per heavy atom. The van der Waals surface area contributed by atoms with Gasteiger partial charge in [0.25, 0.3) is 5.91 Å². The highest BCUT2D eigenvalue weighted by molar-refractivity contribution is 7.15.